The van der Waals surface area contributed by atoms with E-state index in [9.17, 15) is 18.0 Å². The molecular weight excluding hydrogens is 490 g/mol. The number of carbonyl (C=O) groups excluding carboxylic acids is 2. The molecule has 0 aliphatic heterocycles. The predicted molar refractivity (Wildman–Crippen MR) is 139 cm³/mol. The lowest BCUT2D eigenvalue weighted by Crippen LogP contribution is -2.51. The van der Waals surface area contributed by atoms with Gasteiger partial charge in [0.1, 0.15) is 18.3 Å². The van der Waals surface area contributed by atoms with Crippen LogP contribution < -0.4 is 14.4 Å². The van der Waals surface area contributed by atoms with Gasteiger partial charge in [-0.3, -0.25) is 13.9 Å². The van der Waals surface area contributed by atoms with Gasteiger partial charge in [0, 0.05) is 18.1 Å². The number of aryl methyl sites for hydroxylation is 1. The van der Waals surface area contributed by atoms with Crippen LogP contribution in [0.15, 0.2) is 42.5 Å². The second-order valence-corrected chi connectivity index (χ2v) is 11.3. The molecule has 2 amide bonds. The number of rotatable bonds is 11. The van der Waals surface area contributed by atoms with Gasteiger partial charge < -0.3 is 15.0 Å². The van der Waals surface area contributed by atoms with E-state index in [2.05, 4.69) is 5.32 Å². The third-order valence-electron chi connectivity index (χ3n) is 5.41. The van der Waals surface area contributed by atoms with E-state index in [1.807, 2.05) is 45.0 Å². The minimum Gasteiger partial charge on any atom is -0.495 e. The molecule has 0 bridgehead atoms. The Morgan fingerprint density at radius 3 is 2.26 bits per heavy atom. The first-order valence-corrected chi connectivity index (χ1v) is 13.5. The van der Waals surface area contributed by atoms with Crippen LogP contribution in [0.2, 0.25) is 5.02 Å². The molecule has 35 heavy (non-hydrogen) atoms. The highest BCUT2D eigenvalue weighted by Gasteiger charge is 2.31. The second kappa shape index (κ2) is 12.3. The highest BCUT2D eigenvalue weighted by molar-refractivity contribution is 7.92. The molecule has 2 aromatic rings. The summed E-state index contributed by atoms with van der Waals surface area (Å²) < 4.78 is 31.7. The summed E-state index contributed by atoms with van der Waals surface area (Å²) in [5.41, 5.74) is 2.02. The van der Waals surface area contributed by atoms with Crippen LogP contribution in [-0.4, -0.2) is 57.6 Å². The topological polar surface area (TPSA) is 96.0 Å². The van der Waals surface area contributed by atoms with Crippen LogP contribution in [0.25, 0.3) is 0 Å². The average Bonchev–Trinajstić information content (AvgIpc) is 2.79. The number of methoxy groups -OCH3 is 1. The second-order valence-electron chi connectivity index (χ2n) is 8.91. The van der Waals surface area contributed by atoms with E-state index in [0.717, 1.165) is 21.7 Å². The van der Waals surface area contributed by atoms with Gasteiger partial charge in [0.2, 0.25) is 21.8 Å². The van der Waals surface area contributed by atoms with Crippen LogP contribution in [0.3, 0.4) is 0 Å². The third kappa shape index (κ3) is 8.14. The number of amides is 2. The Bertz CT molecular complexity index is 1140. The fourth-order valence-electron chi connectivity index (χ4n) is 3.38. The number of sulfonamides is 1. The molecule has 0 aromatic heterocycles. The van der Waals surface area contributed by atoms with Crippen LogP contribution in [0.5, 0.6) is 5.75 Å². The molecule has 0 spiro atoms. The smallest absolute Gasteiger partial charge is 0.244 e. The molecule has 0 fully saturated rings. The van der Waals surface area contributed by atoms with Crippen molar-refractivity contribution in [3.8, 4) is 5.75 Å². The quantitative estimate of drug-likeness (QED) is 0.485. The molecule has 10 heteroatoms. The number of anilines is 1. The van der Waals surface area contributed by atoms with Crippen LogP contribution in [0, 0.1) is 12.8 Å². The third-order valence-corrected chi connectivity index (χ3v) is 6.78. The molecule has 8 nitrogen and oxygen atoms in total. The predicted octanol–water partition coefficient (Wildman–Crippen LogP) is 3.61. The van der Waals surface area contributed by atoms with E-state index in [1.165, 1.54) is 24.1 Å². The van der Waals surface area contributed by atoms with Gasteiger partial charge in [-0.25, -0.2) is 8.42 Å². The lowest BCUT2D eigenvalue weighted by Gasteiger charge is -2.32. The Hall–Kier alpha value is -2.78. The van der Waals surface area contributed by atoms with E-state index < -0.39 is 28.5 Å². The van der Waals surface area contributed by atoms with Crippen molar-refractivity contribution in [1.29, 1.82) is 0 Å². The molecule has 2 aromatic carbocycles. The summed E-state index contributed by atoms with van der Waals surface area (Å²) in [7, 11) is -2.49. The Balaban J connectivity index is 2.43. The summed E-state index contributed by atoms with van der Waals surface area (Å²) in [6.45, 7) is 7.61. The Labute approximate surface area is 213 Å². The lowest BCUT2D eigenvalue weighted by atomic mass is 10.1. The van der Waals surface area contributed by atoms with Gasteiger partial charge in [-0.05, 0) is 43.5 Å². The molecule has 1 unspecified atom stereocenters. The number of halogens is 1. The highest BCUT2D eigenvalue weighted by Crippen LogP contribution is 2.33. The largest absolute Gasteiger partial charge is 0.495 e. The molecule has 0 saturated carbocycles. The Morgan fingerprint density at radius 1 is 1.09 bits per heavy atom. The van der Waals surface area contributed by atoms with Crippen LogP contribution in [0.4, 0.5) is 5.69 Å². The monoisotopic (exact) mass is 523 g/mol. The number of hydrogen-bond acceptors (Lipinski definition) is 5. The fraction of sp³-hybridized carbons (Fsp3) is 0.440. The zero-order valence-electron chi connectivity index (χ0n) is 21.0. The van der Waals surface area contributed by atoms with Crippen molar-refractivity contribution in [2.24, 2.45) is 5.92 Å². The maximum absolute atomic E-state index is 13.6. The van der Waals surface area contributed by atoms with Crippen molar-refractivity contribution in [2.45, 2.75) is 40.3 Å². The van der Waals surface area contributed by atoms with Gasteiger partial charge in [-0.15, -0.1) is 0 Å². The Kier molecular flexibility index (Phi) is 9.97. The molecule has 0 aliphatic carbocycles. The molecular formula is C25H34ClN3O5S. The summed E-state index contributed by atoms with van der Waals surface area (Å²) in [6.07, 6.45) is 1.00. The standard InChI is InChI=1S/C25H34ClN3O5S/c1-17(2)14-27-25(31)19(4)28(15-20-9-7-18(3)8-10-20)24(30)16-29(35(6,32)33)22-13-21(26)11-12-23(22)34-5/h7-13,17,19H,14-16H2,1-6H3,(H,27,31). The van der Waals surface area contributed by atoms with E-state index in [1.54, 1.807) is 13.0 Å². The van der Waals surface area contributed by atoms with Crippen LogP contribution >= 0.6 is 11.6 Å². The SMILES string of the molecule is COc1ccc(Cl)cc1N(CC(=O)N(Cc1ccc(C)cc1)C(C)C(=O)NCC(C)C)S(C)(=O)=O. The van der Waals surface area contributed by atoms with Crippen molar-refractivity contribution >= 4 is 39.1 Å². The molecule has 0 saturated heterocycles. The summed E-state index contributed by atoms with van der Waals surface area (Å²) in [5.74, 6) is -0.362. The van der Waals surface area contributed by atoms with Crippen molar-refractivity contribution in [2.75, 3.05) is 30.8 Å². The molecule has 1 N–H and O–H groups in total. The molecule has 0 radical (unpaired) electrons. The van der Waals surface area contributed by atoms with E-state index >= 15 is 0 Å². The first kappa shape index (κ1) is 28.5. The first-order chi connectivity index (χ1) is 16.3. The van der Waals surface area contributed by atoms with Crippen molar-refractivity contribution < 1.29 is 22.7 Å². The van der Waals surface area contributed by atoms with E-state index in [-0.39, 0.29) is 29.8 Å². The zero-order chi connectivity index (χ0) is 26.3. The van der Waals surface area contributed by atoms with Crippen LogP contribution in [0.1, 0.15) is 31.9 Å². The maximum atomic E-state index is 13.6. The number of nitrogens with one attached hydrogen (secondary N) is 1. The molecule has 1 atom stereocenters. The van der Waals surface area contributed by atoms with Gasteiger partial charge in [0.15, 0.2) is 0 Å². The van der Waals surface area contributed by atoms with E-state index in [4.69, 9.17) is 16.3 Å². The average molecular weight is 524 g/mol. The number of carbonyl (C=O) groups is 2. The summed E-state index contributed by atoms with van der Waals surface area (Å²) >= 11 is 6.11. The molecule has 0 aliphatic rings. The first-order valence-electron chi connectivity index (χ1n) is 11.3. The highest BCUT2D eigenvalue weighted by atomic mass is 35.5. The van der Waals surface area contributed by atoms with Crippen LogP contribution in [-0.2, 0) is 26.2 Å². The Morgan fingerprint density at radius 2 is 1.71 bits per heavy atom. The number of hydrogen-bond donors (Lipinski definition) is 1. The molecule has 192 valence electrons. The number of ether oxygens (including phenoxy) is 1. The summed E-state index contributed by atoms with van der Waals surface area (Å²) in [6, 6.07) is 11.3. The normalized spacial score (nSPS) is 12.2. The minimum absolute atomic E-state index is 0.139. The van der Waals surface area contributed by atoms with Gasteiger partial charge >= 0.3 is 0 Å². The lowest BCUT2D eigenvalue weighted by molar-refractivity contribution is -0.139. The minimum atomic E-state index is -3.90. The van der Waals surface area contributed by atoms with Gasteiger partial charge in [0.05, 0.1) is 19.1 Å². The number of nitrogens with zero attached hydrogens (tertiary/aromatic N) is 2. The summed E-state index contributed by atoms with van der Waals surface area (Å²) in [5, 5.41) is 3.14. The summed E-state index contributed by atoms with van der Waals surface area (Å²) in [4.78, 5) is 27.8. The maximum Gasteiger partial charge on any atom is 0.244 e. The molecule has 2 rings (SSSR count). The fourth-order valence-corrected chi connectivity index (χ4v) is 4.39. The molecule has 0 heterocycles. The van der Waals surface area contributed by atoms with Gasteiger partial charge in [0.25, 0.3) is 0 Å². The van der Waals surface area contributed by atoms with Crippen molar-refractivity contribution in [3.05, 3.63) is 58.6 Å². The van der Waals surface area contributed by atoms with E-state index in [0.29, 0.717) is 11.6 Å². The number of benzene rings is 2. The van der Waals surface area contributed by atoms with Gasteiger partial charge in [-0.2, -0.15) is 0 Å². The van der Waals surface area contributed by atoms with Gasteiger partial charge in [-0.1, -0.05) is 55.3 Å². The zero-order valence-corrected chi connectivity index (χ0v) is 22.6. The van der Waals surface area contributed by atoms with Crippen molar-refractivity contribution in [3.63, 3.8) is 0 Å². The van der Waals surface area contributed by atoms with Crippen molar-refractivity contribution in [1.82, 2.24) is 10.2 Å².